The van der Waals surface area contributed by atoms with Gasteiger partial charge in [-0.2, -0.15) is 5.10 Å². The highest BCUT2D eigenvalue weighted by Gasteiger charge is 2.18. The Morgan fingerprint density at radius 1 is 1.47 bits per heavy atom. The third-order valence-electron chi connectivity index (χ3n) is 2.71. The third kappa shape index (κ3) is 1.67. The van der Waals surface area contributed by atoms with Gasteiger partial charge in [-0.05, 0) is 13.3 Å². The van der Waals surface area contributed by atoms with Crippen molar-refractivity contribution in [2.45, 2.75) is 13.3 Å². The maximum atomic E-state index is 11.0. The van der Waals surface area contributed by atoms with Gasteiger partial charge in [0.1, 0.15) is 5.82 Å². The van der Waals surface area contributed by atoms with Crippen molar-refractivity contribution in [2.24, 2.45) is 7.05 Å². The molecule has 0 spiro atoms. The number of hydrogen-bond acceptors (Lipinski definition) is 3. The molecule has 80 valence electrons. The normalized spacial score (nSPS) is 15.7. The maximum absolute atomic E-state index is 11.0. The molecule has 0 aromatic carbocycles. The number of carbonyl (C=O) groups excluding carboxylic acids is 1. The molecule has 0 amide bonds. The molecule has 4 heteroatoms. The maximum Gasteiger partial charge on any atom is 0.155 e. The van der Waals surface area contributed by atoms with Crippen LogP contribution in [-0.4, -0.2) is 29.2 Å². The highest BCUT2D eigenvalue weighted by Crippen LogP contribution is 2.22. The quantitative estimate of drug-likeness (QED) is 0.539. The van der Waals surface area contributed by atoms with Gasteiger partial charge in [0.25, 0.3) is 0 Å². The van der Waals surface area contributed by atoms with E-state index in [1.807, 2.05) is 14.0 Å². The lowest BCUT2D eigenvalue weighted by atomic mass is 10.2. The van der Waals surface area contributed by atoms with Gasteiger partial charge in [-0.25, -0.2) is 0 Å². The summed E-state index contributed by atoms with van der Waals surface area (Å²) in [5, 5.41) is 4.28. The molecule has 1 aromatic heterocycles. The minimum Gasteiger partial charge on any atom is -0.352 e. The van der Waals surface area contributed by atoms with E-state index in [9.17, 15) is 4.79 Å². The average Bonchev–Trinajstić information content (AvgIpc) is 2.54. The molecule has 0 saturated carbocycles. The molecule has 0 saturated heterocycles. The summed E-state index contributed by atoms with van der Waals surface area (Å²) in [5.41, 5.74) is 1.52. The second-order valence-electron chi connectivity index (χ2n) is 3.77. The van der Waals surface area contributed by atoms with Crippen LogP contribution in [-0.2, 0) is 7.05 Å². The Kier molecular flexibility index (Phi) is 2.58. The van der Waals surface area contributed by atoms with E-state index in [4.69, 9.17) is 0 Å². The number of carbonyl (C=O) groups is 1. The minimum atomic E-state index is 0.716. The highest BCUT2D eigenvalue weighted by molar-refractivity contribution is 5.84. The first-order valence-electron chi connectivity index (χ1n) is 5.12. The molecular formula is C11H15N3O. The SMILES string of the molecule is Cc1nn(C)c(N2CC=CCC2)c1C=O. The summed E-state index contributed by atoms with van der Waals surface area (Å²) in [6.07, 6.45) is 6.22. The van der Waals surface area contributed by atoms with Crippen molar-refractivity contribution in [3.63, 3.8) is 0 Å². The lowest BCUT2D eigenvalue weighted by molar-refractivity contribution is 0.112. The van der Waals surface area contributed by atoms with Crippen LogP contribution in [0.4, 0.5) is 5.82 Å². The van der Waals surface area contributed by atoms with E-state index >= 15 is 0 Å². The van der Waals surface area contributed by atoms with Crippen molar-refractivity contribution in [2.75, 3.05) is 18.0 Å². The molecule has 2 heterocycles. The Labute approximate surface area is 89.2 Å². The fourth-order valence-corrected chi connectivity index (χ4v) is 2.01. The number of rotatable bonds is 2. The van der Waals surface area contributed by atoms with Gasteiger partial charge in [-0.1, -0.05) is 12.2 Å². The van der Waals surface area contributed by atoms with E-state index in [-0.39, 0.29) is 0 Å². The van der Waals surface area contributed by atoms with Crippen molar-refractivity contribution in [1.29, 1.82) is 0 Å². The Balaban J connectivity index is 2.41. The van der Waals surface area contributed by atoms with Gasteiger partial charge < -0.3 is 4.90 Å². The monoisotopic (exact) mass is 205 g/mol. The second kappa shape index (κ2) is 3.88. The molecule has 0 radical (unpaired) electrons. The van der Waals surface area contributed by atoms with Crippen LogP contribution < -0.4 is 4.90 Å². The van der Waals surface area contributed by atoms with E-state index in [0.29, 0.717) is 5.56 Å². The highest BCUT2D eigenvalue weighted by atomic mass is 16.1. The van der Waals surface area contributed by atoms with Crippen LogP contribution in [0.3, 0.4) is 0 Å². The Morgan fingerprint density at radius 2 is 2.27 bits per heavy atom. The average molecular weight is 205 g/mol. The van der Waals surface area contributed by atoms with Gasteiger partial charge in [-0.15, -0.1) is 0 Å². The molecule has 0 aliphatic carbocycles. The zero-order valence-electron chi connectivity index (χ0n) is 9.10. The van der Waals surface area contributed by atoms with Crippen molar-refractivity contribution in [3.8, 4) is 0 Å². The predicted molar refractivity (Wildman–Crippen MR) is 59.3 cm³/mol. The number of aromatic nitrogens is 2. The number of nitrogens with zero attached hydrogens (tertiary/aromatic N) is 3. The van der Waals surface area contributed by atoms with Crippen LogP contribution in [0.15, 0.2) is 12.2 Å². The van der Waals surface area contributed by atoms with Crippen LogP contribution in [0.25, 0.3) is 0 Å². The van der Waals surface area contributed by atoms with Crippen LogP contribution in [0.5, 0.6) is 0 Å². The van der Waals surface area contributed by atoms with E-state index in [1.165, 1.54) is 0 Å². The van der Waals surface area contributed by atoms with E-state index in [2.05, 4.69) is 22.2 Å². The molecule has 0 fully saturated rings. The topological polar surface area (TPSA) is 38.1 Å². The fourth-order valence-electron chi connectivity index (χ4n) is 2.01. The van der Waals surface area contributed by atoms with Crippen LogP contribution in [0, 0.1) is 6.92 Å². The summed E-state index contributed by atoms with van der Waals surface area (Å²) >= 11 is 0. The molecule has 1 aliphatic rings. The van der Waals surface area contributed by atoms with Gasteiger partial charge in [0.2, 0.25) is 0 Å². The van der Waals surface area contributed by atoms with Crippen molar-refractivity contribution in [3.05, 3.63) is 23.4 Å². The summed E-state index contributed by atoms with van der Waals surface area (Å²) in [5.74, 6) is 0.937. The Hall–Kier alpha value is -1.58. The lowest BCUT2D eigenvalue weighted by Crippen LogP contribution is -2.29. The van der Waals surface area contributed by atoms with Gasteiger partial charge in [-0.3, -0.25) is 9.48 Å². The van der Waals surface area contributed by atoms with Crippen LogP contribution in [0.2, 0.25) is 0 Å². The molecule has 0 N–H and O–H groups in total. The van der Waals surface area contributed by atoms with Crippen molar-refractivity contribution in [1.82, 2.24) is 9.78 Å². The molecule has 2 rings (SSSR count). The second-order valence-corrected chi connectivity index (χ2v) is 3.77. The van der Waals surface area contributed by atoms with E-state index in [0.717, 1.165) is 37.3 Å². The zero-order valence-corrected chi connectivity index (χ0v) is 9.10. The summed E-state index contributed by atoms with van der Waals surface area (Å²) < 4.78 is 1.79. The first-order chi connectivity index (χ1) is 7.24. The number of hydrogen-bond donors (Lipinski definition) is 0. The van der Waals surface area contributed by atoms with E-state index < -0.39 is 0 Å². The number of aldehydes is 1. The summed E-state index contributed by atoms with van der Waals surface area (Å²) in [7, 11) is 1.88. The number of aryl methyl sites for hydroxylation is 2. The van der Waals surface area contributed by atoms with Gasteiger partial charge in [0, 0.05) is 20.1 Å². The smallest absolute Gasteiger partial charge is 0.155 e. The van der Waals surface area contributed by atoms with E-state index in [1.54, 1.807) is 4.68 Å². The van der Waals surface area contributed by atoms with Crippen LogP contribution in [0.1, 0.15) is 22.5 Å². The molecular weight excluding hydrogens is 190 g/mol. The minimum absolute atomic E-state index is 0.716. The molecule has 1 aromatic rings. The third-order valence-corrected chi connectivity index (χ3v) is 2.71. The van der Waals surface area contributed by atoms with Gasteiger partial charge >= 0.3 is 0 Å². The summed E-state index contributed by atoms with van der Waals surface area (Å²) in [6, 6.07) is 0. The standard InChI is InChI=1S/C11H15N3O/c1-9-10(8-15)11(13(2)12-9)14-6-4-3-5-7-14/h3-4,8H,5-7H2,1-2H3. The largest absolute Gasteiger partial charge is 0.352 e. The Morgan fingerprint density at radius 3 is 2.87 bits per heavy atom. The molecule has 1 aliphatic heterocycles. The number of anilines is 1. The Bertz CT molecular complexity index is 406. The predicted octanol–water partition coefficient (Wildman–Crippen LogP) is 1.31. The molecule has 0 atom stereocenters. The summed E-state index contributed by atoms with van der Waals surface area (Å²) in [4.78, 5) is 13.2. The van der Waals surface area contributed by atoms with Crippen molar-refractivity contribution >= 4 is 12.1 Å². The first kappa shape index (κ1) is 9.96. The molecule has 15 heavy (non-hydrogen) atoms. The van der Waals surface area contributed by atoms with Gasteiger partial charge in [0.05, 0.1) is 11.3 Å². The van der Waals surface area contributed by atoms with Crippen LogP contribution >= 0.6 is 0 Å². The van der Waals surface area contributed by atoms with Crippen molar-refractivity contribution < 1.29 is 4.79 Å². The molecule has 0 unspecified atom stereocenters. The first-order valence-corrected chi connectivity index (χ1v) is 5.12. The fraction of sp³-hybridized carbons (Fsp3) is 0.455. The lowest BCUT2D eigenvalue weighted by Gasteiger charge is -2.25. The van der Waals surface area contributed by atoms with Gasteiger partial charge in [0.15, 0.2) is 6.29 Å². The summed E-state index contributed by atoms with van der Waals surface area (Å²) in [6.45, 7) is 3.68. The zero-order chi connectivity index (χ0) is 10.8. The molecule has 4 nitrogen and oxygen atoms in total. The molecule has 0 bridgehead atoms.